The third kappa shape index (κ3) is 1.10. The zero-order chi connectivity index (χ0) is 8.55. The van der Waals surface area contributed by atoms with Crippen molar-refractivity contribution in [2.45, 2.75) is 19.5 Å². The van der Waals surface area contributed by atoms with E-state index in [1.807, 2.05) is 0 Å². The van der Waals surface area contributed by atoms with Gasteiger partial charge in [-0.15, -0.1) is 0 Å². The monoisotopic (exact) mass is 173 g/mol. The maximum Gasteiger partial charge on any atom is 0.295 e. The second kappa shape index (κ2) is 2.82. The van der Waals surface area contributed by atoms with Gasteiger partial charge in [-0.05, 0) is 0 Å². The third-order valence-electron chi connectivity index (χ3n) is 1.98. The minimum Gasteiger partial charge on any atom is -0.325 e. The topological polar surface area (TPSA) is 29.9 Å². The van der Waals surface area contributed by atoms with Gasteiger partial charge in [0, 0.05) is 19.6 Å². The van der Waals surface area contributed by atoms with E-state index in [2.05, 4.69) is 10.3 Å². The van der Waals surface area contributed by atoms with Gasteiger partial charge in [0.15, 0.2) is 5.82 Å². The van der Waals surface area contributed by atoms with Gasteiger partial charge in [0.25, 0.3) is 6.43 Å². The number of nitrogens with one attached hydrogen (secondary N) is 1. The number of hydrogen-bond acceptors (Lipinski definition) is 2. The quantitative estimate of drug-likeness (QED) is 0.684. The highest BCUT2D eigenvalue weighted by Crippen LogP contribution is 2.19. The van der Waals surface area contributed by atoms with Gasteiger partial charge in [-0.1, -0.05) is 0 Å². The molecule has 2 heterocycles. The van der Waals surface area contributed by atoms with Gasteiger partial charge >= 0.3 is 0 Å². The molecule has 0 bridgehead atoms. The van der Waals surface area contributed by atoms with Crippen molar-refractivity contribution in [1.82, 2.24) is 14.9 Å². The first-order valence-electron chi connectivity index (χ1n) is 3.82. The Labute approximate surface area is 68.4 Å². The minimum atomic E-state index is -2.46. The summed E-state index contributed by atoms with van der Waals surface area (Å²) >= 11 is 0. The van der Waals surface area contributed by atoms with E-state index in [-0.39, 0.29) is 5.82 Å². The van der Waals surface area contributed by atoms with E-state index in [1.165, 1.54) is 6.20 Å². The molecule has 1 aliphatic rings. The highest BCUT2D eigenvalue weighted by atomic mass is 19.3. The van der Waals surface area contributed by atoms with Crippen molar-refractivity contribution >= 4 is 0 Å². The molecule has 0 unspecified atom stereocenters. The lowest BCUT2D eigenvalue weighted by Gasteiger charge is -2.17. The van der Waals surface area contributed by atoms with Crippen LogP contribution in [-0.2, 0) is 13.1 Å². The van der Waals surface area contributed by atoms with E-state index in [4.69, 9.17) is 0 Å². The highest BCUT2D eigenvalue weighted by molar-refractivity contribution is 5.08. The zero-order valence-corrected chi connectivity index (χ0v) is 6.43. The Morgan fingerprint density at radius 3 is 3.17 bits per heavy atom. The molecule has 3 nitrogen and oxygen atoms in total. The van der Waals surface area contributed by atoms with E-state index in [0.717, 1.165) is 12.2 Å². The van der Waals surface area contributed by atoms with Gasteiger partial charge in [0.1, 0.15) is 0 Å². The number of halogens is 2. The average Bonchev–Trinajstić information content (AvgIpc) is 2.47. The van der Waals surface area contributed by atoms with Crippen LogP contribution in [0.1, 0.15) is 17.9 Å². The zero-order valence-electron chi connectivity index (χ0n) is 6.43. The van der Waals surface area contributed by atoms with E-state index in [1.54, 1.807) is 4.57 Å². The van der Waals surface area contributed by atoms with Crippen LogP contribution in [0, 0.1) is 0 Å². The fraction of sp³-hybridized carbons (Fsp3) is 0.571. The number of hydrogen-bond donors (Lipinski definition) is 1. The van der Waals surface area contributed by atoms with Crippen LogP contribution >= 0.6 is 0 Å². The summed E-state index contributed by atoms with van der Waals surface area (Å²) in [7, 11) is 0. The Kier molecular flexibility index (Phi) is 1.80. The Balaban J connectivity index is 2.38. The van der Waals surface area contributed by atoms with E-state index < -0.39 is 6.43 Å². The summed E-state index contributed by atoms with van der Waals surface area (Å²) in [6.07, 6.45) is -0.954. The van der Waals surface area contributed by atoms with Crippen molar-refractivity contribution in [2.75, 3.05) is 6.54 Å². The molecule has 1 aliphatic heterocycles. The molecule has 0 saturated carbocycles. The van der Waals surface area contributed by atoms with Crippen LogP contribution in [0.25, 0.3) is 0 Å². The second-order valence-corrected chi connectivity index (χ2v) is 2.74. The van der Waals surface area contributed by atoms with Gasteiger partial charge in [-0.3, -0.25) is 0 Å². The molecule has 0 saturated heterocycles. The Bertz CT molecular complexity index is 282. The fourth-order valence-electron chi connectivity index (χ4n) is 1.41. The lowest BCUT2D eigenvalue weighted by molar-refractivity contribution is 0.134. The number of rotatable bonds is 1. The molecule has 1 aromatic rings. The van der Waals surface area contributed by atoms with Crippen LogP contribution in [-0.4, -0.2) is 16.1 Å². The molecule has 0 aliphatic carbocycles. The molecule has 1 N–H and O–H groups in total. The molecule has 66 valence electrons. The van der Waals surface area contributed by atoms with E-state index in [0.29, 0.717) is 13.1 Å². The maximum atomic E-state index is 12.3. The number of nitrogens with zero attached hydrogens (tertiary/aromatic N) is 2. The lowest BCUT2D eigenvalue weighted by Crippen LogP contribution is -2.28. The molecule has 12 heavy (non-hydrogen) atoms. The summed E-state index contributed by atoms with van der Waals surface area (Å²) in [6, 6.07) is 0. The SMILES string of the molecule is FC(F)c1ncc2n1CCNC2. The summed E-state index contributed by atoms with van der Waals surface area (Å²) in [5.41, 5.74) is 0.844. The number of alkyl halides is 2. The van der Waals surface area contributed by atoms with Gasteiger partial charge < -0.3 is 9.88 Å². The molecule has 1 aromatic heterocycles. The summed E-state index contributed by atoms with van der Waals surface area (Å²) < 4.78 is 26.2. The van der Waals surface area contributed by atoms with Crippen molar-refractivity contribution in [1.29, 1.82) is 0 Å². The van der Waals surface area contributed by atoms with E-state index in [9.17, 15) is 8.78 Å². The molecule has 0 spiro atoms. The summed E-state index contributed by atoms with van der Waals surface area (Å²) in [6.45, 7) is 1.97. The molecule has 0 fully saturated rings. The van der Waals surface area contributed by atoms with Gasteiger partial charge in [0.2, 0.25) is 0 Å². The number of aromatic nitrogens is 2. The number of fused-ring (bicyclic) bond motifs is 1. The first kappa shape index (κ1) is 7.67. The van der Waals surface area contributed by atoms with Crippen molar-refractivity contribution in [2.24, 2.45) is 0 Å². The van der Waals surface area contributed by atoms with Gasteiger partial charge in [-0.2, -0.15) is 0 Å². The van der Waals surface area contributed by atoms with Gasteiger partial charge in [-0.25, -0.2) is 13.8 Å². The molecule has 0 amide bonds. The first-order chi connectivity index (χ1) is 5.79. The van der Waals surface area contributed by atoms with Crippen molar-refractivity contribution in [3.63, 3.8) is 0 Å². The summed E-state index contributed by atoms with van der Waals surface area (Å²) in [5.74, 6) is -0.105. The normalized spacial score (nSPS) is 16.6. The van der Waals surface area contributed by atoms with Crippen LogP contribution in [0.5, 0.6) is 0 Å². The Hall–Kier alpha value is -0.970. The van der Waals surface area contributed by atoms with Crippen LogP contribution in [0.4, 0.5) is 8.78 Å². The third-order valence-corrected chi connectivity index (χ3v) is 1.98. The predicted molar refractivity (Wildman–Crippen MR) is 38.9 cm³/mol. The minimum absolute atomic E-state index is 0.105. The lowest BCUT2D eigenvalue weighted by atomic mass is 10.3. The van der Waals surface area contributed by atoms with Crippen LogP contribution in [0.15, 0.2) is 6.20 Å². The van der Waals surface area contributed by atoms with E-state index >= 15 is 0 Å². The van der Waals surface area contributed by atoms with Crippen molar-refractivity contribution in [3.8, 4) is 0 Å². The van der Waals surface area contributed by atoms with Crippen LogP contribution < -0.4 is 5.32 Å². The summed E-state index contributed by atoms with van der Waals surface area (Å²) in [5, 5.41) is 3.09. The second-order valence-electron chi connectivity index (χ2n) is 2.74. The highest BCUT2D eigenvalue weighted by Gasteiger charge is 2.19. The molecular weight excluding hydrogens is 164 g/mol. The molecule has 0 radical (unpaired) electrons. The Morgan fingerprint density at radius 2 is 2.42 bits per heavy atom. The average molecular weight is 173 g/mol. The molecule has 2 rings (SSSR count). The number of imidazole rings is 1. The summed E-state index contributed by atoms with van der Waals surface area (Å²) in [4.78, 5) is 3.67. The predicted octanol–water partition coefficient (Wildman–Crippen LogP) is 0.924. The largest absolute Gasteiger partial charge is 0.325 e. The molecule has 0 aromatic carbocycles. The van der Waals surface area contributed by atoms with Crippen LogP contribution in [0.2, 0.25) is 0 Å². The van der Waals surface area contributed by atoms with Crippen molar-refractivity contribution in [3.05, 3.63) is 17.7 Å². The molecular formula is C7H9F2N3. The Morgan fingerprint density at radius 1 is 1.58 bits per heavy atom. The van der Waals surface area contributed by atoms with Crippen LogP contribution in [0.3, 0.4) is 0 Å². The van der Waals surface area contributed by atoms with Gasteiger partial charge in [0.05, 0.1) is 11.9 Å². The van der Waals surface area contributed by atoms with Crippen molar-refractivity contribution < 1.29 is 8.78 Å². The standard InChI is InChI=1S/C7H9F2N3/c8-6(9)7-11-4-5-3-10-1-2-12(5)7/h4,6,10H,1-3H2. The fourth-order valence-corrected chi connectivity index (χ4v) is 1.41. The molecule has 0 atom stereocenters. The molecule has 5 heteroatoms. The first-order valence-corrected chi connectivity index (χ1v) is 3.82. The maximum absolute atomic E-state index is 12.3. The smallest absolute Gasteiger partial charge is 0.295 e.